The molecule has 0 fully saturated rings. The van der Waals surface area contributed by atoms with Gasteiger partial charge in [0.1, 0.15) is 11.5 Å². The van der Waals surface area contributed by atoms with Crippen LogP contribution in [0.3, 0.4) is 0 Å². The Morgan fingerprint density at radius 1 is 1.24 bits per heavy atom. The zero-order valence-electron chi connectivity index (χ0n) is 8.80. The van der Waals surface area contributed by atoms with Gasteiger partial charge in [-0.05, 0) is 12.1 Å². The molecule has 0 aliphatic carbocycles. The maximum atomic E-state index is 13.8. The summed E-state index contributed by atoms with van der Waals surface area (Å²) in [5, 5.41) is 3.68. The Bertz CT molecular complexity index is 533. The fourth-order valence-corrected chi connectivity index (χ4v) is 1.53. The molecule has 1 aliphatic heterocycles. The molecule has 17 heavy (non-hydrogen) atoms. The number of hydrazone groups is 1. The van der Waals surface area contributed by atoms with Crippen molar-refractivity contribution in [2.45, 2.75) is 6.42 Å². The number of hydrogen-bond donors (Lipinski definition) is 1. The Kier molecular flexibility index (Phi) is 2.99. The first-order chi connectivity index (χ1) is 8.15. The van der Waals surface area contributed by atoms with Crippen LogP contribution in [0.1, 0.15) is 12.0 Å². The molecule has 1 N–H and O–H groups in total. The highest BCUT2D eigenvalue weighted by Gasteiger charge is 2.23. The summed E-state index contributed by atoms with van der Waals surface area (Å²) in [7, 11) is 0. The monoisotopic (exact) mass is 238 g/mol. The standard InChI is InChI=1S/C12H9F3N2/c1-2-4-9-11(14)12(15)10-7(13)5-3-6-8(10)16-17-9/h2-3,5-6,16H,1,4H2. The first-order valence-corrected chi connectivity index (χ1v) is 4.93. The number of benzene rings is 1. The van der Waals surface area contributed by atoms with E-state index in [1.54, 1.807) is 0 Å². The van der Waals surface area contributed by atoms with Gasteiger partial charge in [-0.2, -0.15) is 5.10 Å². The average molecular weight is 238 g/mol. The molecule has 1 aliphatic rings. The van der Waals surface area contributed by atoms with Crippen LogP contribution < -0.4 is 5.43 Å². The third kappa shape index (κ3) is 1.95. The molecule has 2 nitrogen and oxygen atoms in total. The van der Waals surface area contributed by atoms with E-state index in [0.717, 1.165) is 6.07 Å². The number of hydrogen-bond acceptors (Lipinski definition) is 2. The van der Waals surface area contributed by atoms with Crippen molar-refractivity contribution in [2.75, 3.05) is 5.43 Å². The minimum atomic E-state index is -1.25. The molecule has 5 heteroatoms. The van der Waals surface area contributed by atoms with Gasteiger partial charge in [-0.1, -0.05) is 12.1 Å². The molecule has 0 radical (unpaired) electrons. The molecule has 0 saturated heterocycles. The summed E-state index contributed by atoms with van der Waals surface area (Å²) in [6.45, 7) is 3.42. The molecule has 1 aromatic rings. The molecular formula is C12H9F3N2. The number of halogens is 3. The van der Waals surface area contributed by atoms with Crippen molar-refractivity contribution in [1.82, 2.24) is 0 Å². The van der Waals surface area contributed by atoms with Crippen molar-refractivity contribution in [1.29, 1.82) is 0 Å². The van der Waals surface area contributed by atoms with E-state index in [1.165, 1.54) is 18.2 Å². The summed E-state index contributed by atoms with van der Waals surface area (Å²) in [6.07, 6.45) is 1.45. The van der Waals surface area contributed by atoms with Crippen LogP contribution in [0.5, 0.6) is 0 Å². The lowest BCUT2D eigenvalue weighted by atomic mass is 10.1. The van der Waals surface area contributed by atoms with E-state index in [0.29, 0.717) is 0 Å². The van der Waals surface area contributed by atoms with Gasteiger partial charge in [-0.15, -0.1) is 6.58 Å². The fourth-order valence-electron chi connectivity index (χ4n) is 1.53. The average Bonchev–Trinajstić information content (AvgIpc) is 2.43. The molecule has 0 bridgehead atoms. The highest BCUT2D eigenvalue weighted by atomic mass is 19.2. The van der Waals surface area contributed by atoms with Gasteiger partial charge in [0.25, 0.3) is 0 Å². The Morgan fingerprint density at radius 3 is 2.71 bits per heavy atom. The van der Waals surface area contributed by atoms with Gasteiger partial charge in [0, 0.05) is 6.42 Å². The van der Waals surface area contributed by atoms with Gasteiger partial charge in [0.15, 0.2) is 11.7 Å². The normalized spacial score (nSPS) is 14.6. The number of fused-ring (bicyclic) bond motifs is 1. The van der Waals surface area contributed by atoms with Gasteiger partial charge >= 0.3 is 0 Å². The van der Waals surface area contributed by atoms with E-state index >= 15 is 0 Å². The lowest BCUT2D eigenvalue weighted by Crippen LogP contribution is -2.00. The highest BCUT2D eigenvalue weighted by Crippen LogP contribution is 2.33. The quantitative estimate of drug-likeness (QED) is 0.779. The first-order valence-electron chi connectivity index (χ1n) is 4.93. The third-order valence-corrected chi connectivity index (χ3v) is 2.33. The molecule has 0 unspecified atom stereocenters. The van der Waals surface area contributed by atoms with Gasteiger partial charge < -0.3 is 0 Å². The van der Waals surface area contributed by atoms with Crippen LogP contribution in [0.2, 0.25) is 0 Å². The maximum Gasteiger partial charge on any atom is 0.183 e. The highest BCUT2D eigenvalue weighted by molar-refractivity contribution is 6.06. The van der Waals surface area contributed by atoms with Crippen molar-refractivity contribution in [3.05, 3.63) is 48.1 Å². The Balaban J connectivity index is 2.61. The molecule has 0 spiro atoms. The second-order valence-electron chi connectivity index (χ2n) is 3.45. The van der Waals surface area contributed by atoms with E-state index in [-0.39, 0.29) is 17.8 Å². The number of nitrogens with one attached hydrogen (secondary N) is 1. The molecular weight excluding hydrogens is 229 g/mol. The number of anilines is 1. The van der Waals surface area contributed by atoms with Crippen molar-refractivity contribution >= 4 is 17.2 Å². The molecule has 1 heterocycles. The Labute approximate surface area is 96.1 Å². The topological polar surface area (TPSA) is 24.4 Å². The van der Waals surface area contributed by atoms with Crippen LogP contribution in [-0.2, 0) is 0 Å². The van der Waals surface area contributed by atoms with Crippen LogP contribution >= 0.6 is 0 Å². The summed E-state index contributed by atoms with van der Waals surface area (Å²) in [5.74, 6) is -3.25. The second kappa shape index (κ2) is 4.45. The van der Waals surface area contributed by atoms with Gasteiger partial charge in [0.2, 0.25) is 0 Å². The van der Waals surface area contributed by atoms with Crippen LogP contribution in [0.15, 0.2) is 41.8 Å². The van der Waals surface area contributed by atoms with Gasteiger partial charge in [-0.25, -0.2) is 13.2 Å². The molecule has 1 aromatic carbocycles. The lowest BCUT2D eigenvalue weighted by Gasteiger charge is -2.05. The molecule has 2 rings (SSSR count). The number of nitrogens with zero attached hydrogens (tertiary/aromatic N) is 1. The molecule has 0 amide bonds. The largest absolute Gasteiger partial charge is 0.277 e. The Morgan fingerprint density at radius 2 is 2.00 bits per heavy atom. The Hall–Kier alpha value is -2.04. The summed E-state index contributed by atoms with van der Waals surface area (Å²) < 4.78 is 40.9. The number of rotatable bonds is 2. The summed E-state index contributed by atoms with van der Waals surface area (Å²) in [5.41, 5.74) is 1.95. The minimum absolute atomic E-state index is 0.0574. The van der Waals surface area contributed by atoms with Crippen LogP contribution in [0.4, 0.5) is 18.9 Å². The van der Waals surface area contributed by atoms with Crippen LogP contribution in [0, 0.1) is 5.82 Å². The predicted octanol–water partition coefficient (Wildman–Crippen LogP) is 3.79. The number of allylic oxidation sites excluding steroid dienone is 2. The van der Waals surface area contributed by atoms with Crippen molar-refractivity contribution in [2.24, 2.45) is 5.10 Å². The predicted molar refractivity (Wildman–Crippen MR) is 61.4 cm³/mol. The van der Waals surface area contributed by atoms with Crippen LogP contribution in [-0.4, -0.2) is 5.71 Å². The second-order valence-corrected chi connectivity index (χ2v) is 3.45. The molecule has 88 valence electrons. The first kappa shape index (κ1) is 11.4. The zero-order valence-corrected chi connectivity index (χ0v) is 8.80. The smallest absolute Gasteiger partial charge is 0.183 e. The summed E-state index contributed by atoms with van der Waals surface area (Å²) >= 11 is 0. The molecule has 0 atom stereocenters. The summed E-state index contributed by atoms with van der Waals surface area (Å²) in [4.78, 5) is 0. The van der Waals surface area contributed by atoms with Crippen molar-refractivity contribution in [3.8, 4) is 0 Å². The van der Waals surface area contributed by atoms with E-state index in [1.807, 2.05) is 0 Å². The van der Waals surface area contributed by atoms with E-state index < -0.39 is 23.0 Å². The van der Waals surface area contributed by atoms with Crippen molar-refractivity contribution < 1.29 is 13.2 Å². The SMILES string of the molecule is C=CCC1=NNc2cccc(F)c2C(F)=C1F. The third-order valence-electron chi connectivity index (χ3n) is 2.33. The van der Waals surface area contributed by atoms with E-state index in [9.17, 15) is 13.2 Å². The van der Waals surface area contributed by atoms with Crippen LogP contribution in [0.25, 0.3) is 5.83 Å². The minimum Gasteiger partial charge on any atom is -0.277 e. The summed E-state index contributed by atoms with van der Waals surface area (Å²) in [6, 6.07) is 3.87. The fraction of sp³-hybridized carbons (Fsp3) is 0.0833. The van der Waals surface area contributed by atoms with E-state index in [2.05, 4.69) is 17.1 Å². The zero-order chi connectivity index (χ0) is 12.4. The van der Waals surface area contributed by atoms with Gasteiger partial charge in [0.05, 0.1) is 11.3 Å². The maximum absolute atomic E-state index is 13.8. The molecule has 0 saturated carbocycles. The van der Waals surface area contributed by atoms with Crippen molar-refractivity contribution in [3.63, 3.8) is 0 Å². The van der Waals surface area contributed by atoms with Gasteiger partial charge in [-0.3, -0.25) is 5.43 Å². The molecule has 0 aromatic heterocycles. The lowest BCUT2D eigenvalue weighted by molar-refractivity contribution is 0.602. The van der Waals surface area contributed by atoms with E-state index in [4.69, 9.17) is 0 Å².